The van der Waals surface area contributed by atoms with E-state index in [4.69, 9.17) is 9.47 Å². The van der Waals surface area contributed by atoms with Gasteiger partial charge in [0.1, 0.15) is 18.5 Å². The Morgan fingerprint density at radius 2 is 1.72 bits per heavy atom. The van der Waals surface area contributed by atoms with Crippen molar-refractivity contribution in [2.24, 2.45) is 0 Å². The number of benzene rings is 3. The van der Waals surface area contributed by atoms with Gasteiger partial charge in [0.2, 0.25) is 5.91 Å². The van der Waals surface area contributed by atoms with Gasteiger partial charge in [-0.05, 0) is 72.7 Å². The van der Waals surface area contributed by atoms with Crippen molar-refractivity contribution < 1.29 is 32.2 Å². The second kappa shape index (κ2) is 11.9. The van der Waals surface area contributed by atoms with Crippen LogP contribution in [0.2, 0.25) is 0 Å². The number of carbonyl (C=O) groups is 2. The molecule has 10 heteroatoms. The van der Waals surface area contributed by atoms with Crippen LogP contribution in [0.15, 0.2) is 66.7 Å². The van der Waals surface area contributed by atoms with Crippen LogP contribution in [-0.4, -0.2) is 54.7 Å². The molecule has 0 radical (unpaired) electrons. The van der Waals surface area contributed by atoms with Crippen molar-refractivity contribution >= 4 is 17.5 Å². The highest BCUT2D eigenvalue weighted by Crippen LogP contribution is 2.33. The van der Waals surface area contributed by atoms with E-state index in [2.05, 4.69) is 22.8 Å². The third-order valence-electron chi connectivity index (χ3n) is 8.62. The normalized spacial score (nSPS) is 22.0. The average Bonchev–Trinajstić information content (AvgIpc) is 3.40. The van der Waals surface area contributed by atoms with Gasteiger partial charge in [0.25, 0.3) is 5.91 Å². The van der Waals surface area contributed by atoms with E-state index in [9.17, 15) is 22.8 Å². The van der Waals surface area contributed by atoms with Crippen LogP contribution in [0.4, 0.5) is 18.9 Å². The van der Waals surface area contributed by atoms with E-state index in [1.54, 1.807) is 30.1 Å². The van der Waals surface area contributed by atoms with Gasteiger partial charge in [-0.2, -0.15) is 13.2 Å². The largest absolute Gasteiger partial charge is 0.490 e. The Balaban J connectivity index is 1.05. The first kappa shape index (κ1) is 29.0. The molecule has 3 aliphatic rings. The van der Waals surface area contributed by atoms with Gasteiger partial charge in [0, 0.05) is 25.3 Å². The molecule has 2 amide bonds. The first-order valence-electron chi connectivity index (χ1n) is 14.6. The Morgan fingerprint density at radius 3 is 2.42 bits per heavy atom. The number of nitrogens with zero attached hydrogens (tertiary/aromatic N) is 1. The second-order valence-electron chi connectivity index (χ2n) is 11.6. The predicted molar refractivity (Wildman–Crippen MR) is 155 cm³/mol. The minimum Gasteiger partial charge on any atom is -0.490 e. The second-order valence-corrected chi connectivity index (χ2v) is 11.6. The van der Waals surface area contributed by atoms with E-state index in [-0.39, 0.29) is 49.1 Å². The molecule has 0 spiro atoms. The van der Waals surface area contributed by atoms with Crippen molar-refractivity contribution in [1.82, 2.24) is 10.2 Å². The summed E-state index contributed by atoms with van der Waals surface area (Å²) in [4.78, 5) is 28.1. The molecule has 2 aliphatic heterocycles. The molecule has 43 heavy (non-hydrogen) atoms. The number of carbonyl (C=O) groups excluding carboxylic acids is 2. The lowest BCUT2D eigenvalue weighted by atomic mass is 9.94. The van der Waals surface area contributed by atoms with Gasteiger partial charge in [0.05, 0.1) is 29.7 Å². The maximum atomic E-state index is 13.5. The molecule has 0 unspecified atom stereocenters. The third kappa shape index (κ3) is 6.49. The summed E-state index contributed by atoms with van der Waals surface area (Å²) in [6, 6.07) is 18.3. The van der Waals surface area contributed by atoms with Gasteiger partial charge < -0.3 is 25.0 Å². The van der Waals surface area contributed by atoms with Crippen LogP contribution >= 0.6 is 0 Å². The molecule has 0 aromatic heterocycles. The quantitative estimate of drug-likeness (QED) is 0.402. The molecule has 2 N–H and O–H groups in total. The number of halogens is 3. The van der Waals surface area contributed by atoms with Crippen LogP contribution in [-0.2, 0) is 35.1 Å². The molecular formula is C33H34F3N3O4. The predicted octanol–water partition coefficient (Wildman–Crippen LogP) is 5.37. The van der Waals surface area contributed by atoms with Gasteiger partial charge in [-0.1, -0.05) is 36.4 Å². The summed E-state index contributed by atoms with van der Waals surface area (Å²) < 4.78 is 51.0. The lowest BCUT2D eigenvalue weighted by molar-refractivity contribution is -0.137. The Kier molecular flexibility index (Phi) is 8.05. The first-order valence-corrected chi connectivity index (χ1v) is 14.6. The van der Waals surface area contributed by atoms with Crippen LogP contribution in [0, 0.1) is 0 Å². The number of nitrogens with one attached hydrogen (secondary N) is 2. The van der Waals surface area contributed by atoms with E-state index in [1.807, 2.05) is 12.1 Å². The number of alkyl halides is 3. The van der Waals surface area contributed by atoms with Gasteiger partial charge in [-0.3, -0.25) is 9.59 Å². The van der Waals surface area contributed by atoms with Crippen molar-refractivity contribution in [3.8, 4) is 5.75 Å². The van der Waals surface area contributed by atoms with Crippen LogP contribution in [0.5, 0.6) is 5.75 Å². The molecule has 3 aromatic rings. The highest BCUT2D eigenvalue weighted by Gasteiger charge is 2.39. The number of rotatable bonds is 6. The van der Waals surface area contributed by atoms with E-state index < -0.39 is 11.7 Å². The molecule has 7 nitrogen and oxygen atoms in total. The van der Waals surface area contributed by atoms with Crippen molar-refractivity contribution in [3.05, 3.63) is 94.5 Å². The van der Waals surface area contributed by atoms with Crippen molar-refractivity contribution in [2.45, 2.75) is 69.1 Å². The van der Waals surface area contributed by atoms with Crippen molar-refractivity contribution in [3.63, 3.8) is 0 Å². The number of ether oxygens (including phenoxy) is 2. The SMILES string of the molecule is CN1C(=O)c2cc(NCc3ccc(C(F)(F)F)cc3)ccc2OC[C@@H]2O[C@H](CC(=O)NC3Cc4ccccc4C3)CC[C@@H]21. The molecule has 0 saturated carbocycles. The summed E-state index contributed by atoms with van der Waals surface area (Å²) in [6.07, 6.45) is -1.74. The minimum atomic E-state index is -4.38. The van der Waals surface area contributed by atoms with Gasteiger partial charge in [0.15, 0.2) is 0 Å². The van der Waals surface area contributed by atoms with Crippen LogP contribution < -0.4 is 15.4 Å². The van der Waals surface area contributed by atoms with E-state index in [1.165, 1.54) is 23.3 Å². The molecule has 226 valence electrons. The maximum Gasteiger partial charge on any atom is 0.416 e. The van der Waals surface area contributed by atoms with Gasteiger partial charge in [-0.25, -0.2) is 0 Å². The van der Waals surface area contributed by atoms with E-state index >= 15 is 0 Å². The zero-order valence-electron chi connectivity index (χ0n) is 23.8. The number of hydrogen-bond acceptors (Lipinski definition) is 5. The fraction of sp³-hybridized carbons (Fsp3) is 0.394. The number of anilines is 1. The lowest BCUT2D eigenvalue weighted by Gasteiger charge is -2.42. The Labute approximate surface area is 248 Å². The molecule has 1 saturated heterocycles. The summed E-state index contributed by atoms with van der Waals surface area (Å²) in [5.41, 5.74) is 3.60. The average molecular weight is 594 g/mol. The number of hydrogen-bond donors (Lipinski definition) is 2. The highest BCUT2D eigenvalue weighted by molar-refractivity contribution is 5.98. The first-order chi connectivity index (χ1) is 20.6. The summed E-state index contributed by atoms with van der Waals surface area (Å²) in [5, 5.41) is 6.35. The molecule has 2 heterocycles. The molecule has 3 aromatic carbocycles. The summed E-state index contributed by atoms with van der Waals surface area (Å²) in [7, 11) is 1.76. The van der Waals surface area contributed by atoms with E-state index in [0.717, 1.165) is 25.0 Å². The summed E-state index contributed by atoms with van der Waals surface area (Å²) in [5.74, 6) is 0.197. The molecule has 0 bridgehead atoms. The maximum absolute atomic E-state index is 13.5. The number of likely N-dealkylation sites (N-methyl/N-ethyl adjacent to an activating group) is 1. The topological polar surface area (TPSA) is 79.9 Å². The summed E-state index contributed by atoms with van der Waals surface area (Å²) >= 11 is 0. The minimum absolute atomic E-state index is 0.0286. The Bertz CT molecular complexity index is 1470. The van der Waals surface area contributed by atoms with Crippen molar-refractivity contribution in [1.29, 1.82) is 0 Å². The Morgan fingerprint density at radius 1 is 1.00 bits per heavy atom. The van der Waals surface area contributed by atoms with Gasteiger partial charge in [-0.15, -0.1) is 0 Å². The molecule has 1 fully saturated rings. The Hall–Kier alpha value is -4.05. The van der Waals surface area contributed by atoms with Crippen LogP contribution in [0.25, 0.3) is 0 Å². The lowest BCUT2D eigenvalue weighted by Crippen LogP contribution is -2.54. The zero-order valence-corrected chi connectivity index (χ0v) is 23.8. The van der Waals surface area contributed by atoms with Crippen LogP contribution in [0.3, 0.4) is 0 Å². The van der Waals surface area contributed by atoms with Crippen molar-refractivity contribution in [2.75, 3.05) is 19.0 Å². The standard InChI is InChI=1S/C33H34F3N3O4/c1-39-28-12-11-26(17-31(40)38-25-14-21-4-2-3-5-22(21)15-25)43-30(28)19-42-29-13-10-24(16-27(29)32(39)41)37-18-20-6-8-23(9-7-20)33(34,35)36/h2-10,13,16,25-26,28,30,37H,11-12,14-15,17-19H2,1H3,(H,38,40)/t26-,28-,30-/m0/s1. The molecular weight excluding hydrogens is 559 g/mol. The smallest absolute Gasteiger partial charge is 0.416 e. The fourth-order valence-electron chi connectivity index (χ4n) is 6.31. The molecule has 6 rings (SSSR count). The molecule has 3 atom stereocenters. The molecule has 1 aliphatic carbocycles. The van der Waals surface area contributed by atoms with E-state index in [0.29, 0.717) is 42.0 Å². The summed E-state index contributed by atoms with van der Waals surface area (Å²) in [6.45, 7) is 0.534. The highest BCUT2D eigenvalue weighted by atomic mass is 19.4. The van der Waals surface area contributed by atoms with Crippen LogP contribution in [0.1, 0.15) is 51.9 Å². The number of amides is 2. The number of fused-ring (bicyclic) bond motifs is 3. The fourth-order valence-corrected chi connectivity index (χ4v) is 6.31. The third-order valence-corrected chi connectivity index (χ3v) is 8.62. The zero-order chi connectivity index (χ0) is 30.1. The monoisotopic (exact) mass is 593 g/mol. The van der Waals surface area contributed by atoms with Gasteiger partial charge >= 0.3 is 6.18 Å².